The Kier molecular flexibility index (Phi) is 8.49. The van der Waals surface area contributed by atoms with Crippen LogP contribution >= 0.6 is 34.2 Å². The molecule has 1 unspecified atom stereocenters. The largest absolute Gasteiger partial charge is 0.421 e. The molecule has 0 aromatic carbocycles. The average molecular weight is 412 g/mol. The van der Waals surface area contributed by atoms with Crippen molar-refractivity contribution < 1.29 is 4.42 Å². The number of halogens is 2. The summed E-state index contributed by atoms with van der Waals surface area (Å²) in [4.78, 5) is 4.44. The molecule has 0 aliphatic carbocycles. The van der Waals surface area contributed by atoms with Gasteiger partial charge in [0.2, 0.25) is 0 Å². The third-order valence-electron chi connectivity index (χ3n) is 4.05. The predicted molar refractivity (Wildman–Crippen MR) is 94.5 cm³/mol. The minimum absolute atomic E-state index is 0.107. The summed E-state index contributed by atoms with van der Waals surface area (Å²) in [7, 11) is 0. The van der Waals surface area contributed by atoms with E-state index in [2.05, 4.69) is 48.3 Å². The standard InChI is InChI=1S/C16H27ClINO/c1-4-6-8-9-10-12-16(3,11-7-5-2)13-14(18)20-15(17)19-13/h4-12H2,1-3H3. The highest BCUT2D eigenvalue weighted by Gasteiger charge is 2.32. The first-order valence-electron chi connectivity index (χ1n) is 7.85. The summed E-state index contributed by atoms with van der Waals surface area (Å²) in [5, 5.41) is 0.276. The molecule has 4 heteroatoms. The molecule has 0 bridgehead atoms. The Labute approximate surface area is 142 Å². The summed E-state index contributed by atoms with van der Waals surface area (Å²) < 4.78 is 6.29. The lowest BCUT2D eigenvalue weighted by atomic mass is 9.77. The van der Waals surface area contributed by atoms with Gasteiger partial charge >= 0.3 is 0 Å². The molecule has 116 valence electrons. The van der Waals surface area contributed by atoms with Gasteiger partial charge in [0, 0.05) is 28.0 Å². The maximum Gasteiger partial charge on any atom is 0.293 e. The molecular formula is C16H27ClINO. The van der Waals surface area contributed by atoms with E-state index in [0.717, 1.165) is 15.9 Å². The van der Waals surface area contributed by atoms with Crippen LogP contribution in [0, 0.1) is 3.77 Å². The molecule has 0 saturated heterocycles. The molecule has 1 aromatic rings. The van der Waals surface area contributed by atoms with Crippen molar-refractivity contribution in [1.82, 2.24) is 4.98 Å². The minimum atomic E-state index is 0.107. The summed E-state index contributed by atoms with van der Waals surface area (Å²) in [6, 6.07) is 0. The van der Waals surface area contributed by atoms with Crippen molar-refractivity contribution in [2.24, 2.45) is 0 Å². The third kappa shape index (κ3) is 5.55. The molecule has 0 aliphatic rings. The van der Waals surface area contributed by atoms with E-state index in [1.54, 1.807) is 0 Å². The molecule has 0 N–H and O–H groups in total. The average Bonchev–Trinajstić information content (AvgIpc) is 2.76. The third-order valence-corrected chi connectivity index (χ3v) is 4.94. The van der Waals surface area contributed by atoms with Gasteiger partial charge in [-0.2, -0.15) is 0 Å². The molecule has 0 saturated carbocycles. The van der Waals surface area contributed by atoms with Gasteiger partial charge in [0.05, 0.1) is 0 Å². The molecule has 0 amide bonds. The van der Waals surface area contributed by atoms with Gasteiger partial charge in [-0.05, 0) is 24.4 Å². The summed E-state index contributed by atoms with van der Waals surface area (Å²) in [5.41, 5.74) is 1.17. The van der Waals surface area contributed by atoms with Crippen molar-refractivity contribution in [3.05, 3.63) is 14.8 Å². The molecule has 0 aliphatic heterocycles. The first-order valence-corrected chi connectivity index (χ1v) is 9.31. The lowest BCUT2D eigenvalue weighted by Crippen LogP contribution is -2.23. The second kappa shape index (κ2) is 9.29. The quantitative estimate of drug-likeness (QED) is 0.315. The number of hydrogen-bond donors (Lipinski definition) is 0. The molecule has 1 atom stereocenters. The van der Waals surface area contributed by atoms with Gasteiger partial charge in [0.1, 0.15) is 5.69 Å². The van der Waals surface area contributed by atoms with Gasteiger partial charge in [0.25, 0.3) is 5.35 Å². The molecule has 1 aromatic heterocycles. The van der Waals surface area contributed by atoms with E-state index in [1.165, 1.54) is 51.4 Å². The smallest absolute Gasteiger partial charge is 0.293 e. The molecule has 20 heavy (non-hydrogen) atoms. The Bertz CT molecular complexity index is 394. The van der Waals surface area contributed by atoms with Gasteiger partial charge < -0.3 is 4.42 Å². The molecule has 0 spiro atoms. The number of rotatable bonds is 10. The molecule has 2 nitrogen and oxygen atoms in total. The van der Waals surface area contributed by atoms with Crippen molar-refractivity contribution in [3.8, 4) is 0 Å². The fraction of sp³-hybridized carbons (Fsp3) is 0.812. The van der Waals surface area contributed by atoms with Crippen molar-refractivity contribution in [1.29, 1.82) is 0 Å². The first kappa shape index (κ1) is 18.3. The monoisotopic (exact) mass is 411 g/mol. The highest BCUT2D eigenvalue weighted by atomic mass is 127. The first-order chi connectivity index (χ1) is 9.53. The number of hydrogen-bond acceptors (Lipinski definition) is 2. The van der Waals surface area contributed by atoms with Gasteiger partial charge in [-0.15, -0.1) is 0 Å². The number of aromatic nitrogens is 1. The maximum absolute atomic E-state index is 5.93. The summed E-state index contributed by atoms with van der Waals surface area (Å²) in [5.74, 6) is 0. The lowest BCUT2D eigenvalue weighted by Gasteiger charge is -2.28. The van der Waals surface area contributed by atoms with Crippen LogP contribution in [0.25, 0.3) is 0 Å². The van der Waals surface area contributed by atoms with Gasteiger partial charge in [-0.1, -0.05) is 65.7 Å². The molecule has 0 radical (unpaired) electrons. The van der Waals surface area contributed by atoms with E-state index in [-0.39, 0.29) is 10.8 Å². The fourth-order valence-corrected chi connectivity index (χ4v) is 3.97. The van der Waals surface area contributed by atoms with Gasteiger partial charge in [0.15, 0.2) is 3.77 Å². The zero-order chi connectivity index (χ0) is 15.0. The van der Waals surface area contributed by atoms with E-state index in [9.17, 15) is 0 Å². The molecule has 1 heterocycles. The second-order valence-corrected chi connectivity index (χ2v) is 7.22. The Hall–Kier alpha value is 0.230. The fourth-order valence-electron chi connectivity index (χ4n) is 2.70. The van der Waals surface area contributed by atoms with E-state index in [4.69, 9.17) is 16.0 Å². The van der Waals surface area contributed by atoms with E-state index in [1.807, 2.05) is 0 Å². The SMILES string of the molecule is CCCCCCCC(C)(CCCC)c1nc(Cl)oc1I. The zero-order valence-electron chi connectivity index (χ0n) is 13.0. The normalized spacial score (nSPS) is 14.4. The zero-order valence-corrected chi connectivity index (χ0v) is 15.9. The number of unbranched alkanes of at least 4 members (excludes halogenated alkanes) is 5. The van der Waals surface area contributed by atoms with Crippen molar-refractivity contribution in [2.45, 2.75) is 84.0 Å². The van der Waals surface area contributed by atoms with E-state index in [0.29, 0.717) is 0 Å². The highest BCUT2D eigenvalue weighted by Crippen LogP contribution is 2.38. The highest BCUT2D eigenvalue weighted by molar-refractivity contribution is 14.1. The number of oxazole rings is 1. The van der Waals surface area contributed by atoms with Crippen LogP contribution in [0.1, 0.15) is 84.3 Å². The Morgan fingerprint density at radius 1 is 1.05 bits per heavy atom. The van der Waals surface area contributed by atoms with Crippen LogP contribution in [0.15, 0.2) is 4.42 Å². The van der Waals surface area contributed by atoms with Crippen molar-refractivity contribution >= 4 is 34.2 Å². The van der Waals surface area contributed by atoms with Crippen LogP contribution in [-0.2, 0) is 5.41 Å². The van der Waals surface area contributed by atoms with E-state index < -0.39 is 0 Å². The van der Waals surface area contributed by atoms with Gasteiger partial charge in [-0.3, -0.25) is 0 Å². The summed E-state index contributed by atoms with van der Waals surface area (Å²) in [6.45, 7) is 6.81. The molecular weight excluding hydrogens is 385 g/mol. The minimum Gasteiger partial charge on any atom is -0.421 e. The Balaban J connectivity index is 2.68. The van der Waals surface area contributed by atoms with E-state index >= 15 is 0 Å². The Morgan fingerprint density at radius 3 is 2.20 bits per heavy atom. The van der Waals surface area contributed by atoms with Crippen LogP contribution < -0.4 is 0 Å². The summed E-state index contributed by atoms with van der Waals surface area (Å²) in [6.07, 6.45) is 11.4. The lowest BCUT2D eigenvalue weighted by molar-refractivity contribution is 0.355. The van der Waals surface area contributed by atoms with Crippen molar-refractivity contribution in [2.75, 3.05) is 0 Å². The van der Waals surface area contributed by atoms with Crippen LogP contribution in [-0.4, -0.2) is 4.98 Å². The van der Waals surface area contributed by atoms with Crippen LogP contribution in [0.5, 0.6) is 0 Å². The number of nitrogens with zero attached hydrogens (tertiary/aromatic N) is 1. The maximum atomic E-state index is 5.93. The predicted octanol–water partition coefficient (Wildman–Crippen LogP) is 6.74. The van der Waals surface area contributed by atoms with Crippen LogP contribution in [0.2, 0.25) is 5.35 Å². The van der Waals surface area contributed by atoms with Crippen LogP contribution in [0.3, 0.4) is 0 Å². The second-order valence-electron chi connectivity index (χ2n) is 5.92. The van der Waals surface area contributed by atoms with Crippen molar-refractivity contribution in [3.63, 3.8) is 0 Å². The van der Waals surface area contributed by atoms with Gasteiger partial charge in [-0.25, -0.2) is 4.98 Å². The topological polar surface area (TPSA) is 26.0 Å². The molecule has 1 rings (SSSR count). The summed E-state index contributed by atoms with van der Waals surface area (Å²) >= 11 is 8.14. The van der Waals surface area contributed by atoms with Crippen LogP contribution in [0.4, 0.5) is 0 Å². The molecule has 0 fully saturated rings. The Morgan fingerprint density at radius 2 is 1.65 bits per heavy atom.